The van der Waals surface area contributed by atoms with Crippen LogP contribution in [0.1, 0.15) is 24.0 Å². The molecule has 0 aliphatic rings. The van der Waals surface area contributed by atoms with Crippen molar-refractivity contribution in [3.63, 3.8) is 0 Å². The Kier molecular flexibility index (Phi) is 6.05. The van der Waals surface area contributed by atoms with Crippen LogP contribution in [0.4, 0.5) is 5.69 Å². The van der Waals surface area contributed by atoms with Gasteiger partial charge in [-0.1, -0.05) is 67.6 Å². The van der Waals surface area contributed by atoms with Gasteiger partial charge in [-0.15, -0.1) is 0 Å². The van der Waals surface area contributed by atoms with Crippen molar-refractivity contribution in [1.29, 1.82) is 0 Å². The van der Waals surface area contributed by atoms with Crippen molar-refractivity contribution in [2.24, 2.45) is 4.99 Å². The van der Waals surface area contributed by atoms with E-state index in [1.807, 2.05) is 72.8 Å². The molecular weight excluding hydrogens is 390 g/mol. The fraction of sp³-hybridized carbons (Fsp3) is 0.115. The topological polar surface area (TPSA) is 49.7 Å². The minimum Gasteiger partial charge on any atom is -0.507 e. The summed E-state index contributed by atoms with van der Waals surface area (Å²) in [5.41, 5.74) is 2.64. The molecule has 4 rings (SSSR count). The van der Waals surface area contributed by atoms with E-state index in [0.29, 0.717) is 11.3 Å². The summed E-state index contributed by atoms with van der Waals surface area (Å²) >= 11 is 0. The molecule has 2 unspecified atom stereocenters. The third kappa shape index (κ3) is 4.50. The van der Waals surface area contributed by atoms with Crippen LogP contribution in [0.2, 0.25) is 0 Å². The van der Waals surface area contributed by atoms with Crippen LogP contribution < -0.4 is 0 Å². The molecule has 0 aliphatic carbocycles. The van der Waals surface area contributed by atoms with Gasteiger partial charge in [0.05, 0.1) is 16.5 Å². The van der Waals surface area contributed by atoms with Gasteiger partial charge in [0.25, 0.3) is 0 Å². The first-order chi connectivity index (χ1) is 14.6. The standard InChI is InChI=1S/C26H23NO2S/c1-19(20-7-3-2-4-8-20)18-30(29)23-14-12-22(13-15-23)27-17-25-24-10-6-5-9-21(24)11-16-26(25)28/h2-17,19,28H,18H2,1H3. The predicted octanol–water partition coefficient (Wildman–Crippen LogP) is 6.21. The lowest BCUT2D eigenvalue weighted by atomic mass is 10.0. The Balaban J connectivity index is 1.49. The summed E-state index contributed by atoms with van der Waals surface area (Å²) in [4.78, 5) is 5.31. The van der Waals surface area contributed by atoms with Gasteiger partial charge in [-0.3, -0.25) is 9.20 Å². The van der Waals surface area contributed by atoms with Crippen LogP contribution in [-0.4, -0.2) is 21.3 Å². The summed E-state index contributed by atoms with van der Waals surface area (Å²) in [5.74, 6) is 1.00. The Labute approximate surface area is 179 Å². The fourth-order valence-electron chi connectivity index (χ4n) is 3.44. The highest BCUT2D eigenvalue weighted by Crippen LogP contribution is 2.26. The molecule has 0 aromatic heterocycles. The molecule has 0 bridgehead atoms. The van der Waals surface area contributed by atoms with Gasteiger partial charge in [0.15, 0.2) is 0 Å². The summed E-state index contributed by atoms with van der Waals surface area (Å²) < 4.78 is 12.7. The average Bonchev–Trinajstić information content (AvgIpc) is 2.79. The predicted molar refractivity (Wildman–Crippen MR) is 125 cm³/mol. The number of nitrogens with zero attached hydrogens (tertiary/aromatic N) is 1. The number of phenolic OH excluding ortho intramolecular Hbond substituents is 1. The third-order valence-electron chi connectivity index (χ3n) is 5.16. The van der Waals surface area contributed by atoms with Crippen LogP contribution in [0.15, 0.2) is 101 Å². The fourth-order valence-corrected chi connectivity index (χ4v) is 4.72. The molecule has 1 N–H and O–H groups in total. The first-order valence-corrected chi connectivity index (χ1v) is 11.2. The number of rotatable bonds is 6. The summed E-state index contributed by atoms with van der Waals surface area (Å²) in [6, 6.07) is 29.1. The lowest BCUT2D eigenvalue weighted by molar-refractivity contribution is 0.475. The molecule has 150 valence electrons. The SMILES string of the molecule is CC(CS(=O)c1ccc(N=Cc2c(O)ccc3ccccc23)cc1)c1ccccc1. The van der Waals surface area contributed by atoms with E-state index in [9.17, 15) is 9.32 Å². The van der Waals surface area contributed by atoms with E-state index in [1.165, 1.54) is 5.56 Å². The van der Waals surface area contributed by atoms with Gasteiger partial charge in [0.2, 0.25) is 0 Å². The number of hydrogen-bond acceptors (Lipinski definition) is 3. The van der Waals surface area contributed by atoms with Crippen LogP contribution >= 0.6 is 0 Å². The van der Waals surface area contributed by atoms with Crippen LogP contribution in [0.25, 0.3) is 10.8 Å². The minimum atomic E-state index is -1.08. The molecule has 2 atom stereocenters. The van der Waals surface area contributed by atoms with Crippen LogP contribution in [-0.2, 0) is 10.8 Å². The first-order valence-electron chi connectivity index (χ1n) is 9.90. The molecule has 0 saturated heterocycles. The second-order valence-corrected chi connectivity index (χ2v) is 8.79. The Bertz CT molecular complexity index is 1200. The summed E-state index contributed by atoms with van der Waals surface area (Å²) in [7, 11) is -1.08. The van der Waals surface area contributed by atoms with E-state index in [1.54, 1.807) is 12.3 Å². The normalized spacial score (nSPS) is 13.5. The molecule has 0 radical (unpaired) electrons. The Morgan fingerprint density at radius 2 is 1.60 bits per heavy atom. The molecular formula is C26H23NO2S. The van der Waals surface area contributed by atoms with Crippen molar-refractivity contribution in [3.8, 4) is 5.75 Å². The third-order valence-corrected chi connectivity index (χ3v) is 6.76. The van der Waals surface area contributed by atoms with Crippen LogP contribution in [0.3, 0.4) is 0 Å². The monoisotopic (exact) mass is 413 g/mol. The van der Waals surface area contributed by atoms with Gasteiger partial charge in [0, 0.05) is 22.4 Å². The van der Waals surface area contributed by atoms with Gasteiger partial charge in [-0.2, -0.15) is 0 Å². The quantitative estimate of drug-likeness (QED) is 0.382. The van der Waals surface area contributed by atoms with Crippen molar-refractivity contribution in [2.45, 2.75) is 17.7 Å². The smallest absolute Gasteiger partial charge is 0.124 e. The average molecular weight is 414 g/mol. The maximum atomic E-state index is 12.7. The van der Waals surface area contributed by atoms with Crippen molar-refractivity contribution >= 4 is 33.5 Å². The minimum absolute atomic E-state index is 0.199. The van der Waals surface area contributed by atoms with Crippen LogP contribution in [0, 0.1) is 0 Å². The number of aromatic hydroxyl groups is 1. The van der Waals surface area contributed by atoms with E-state index in [2.05, 4.69) is 24.0 Å². The van der Waals surface area contributed by atoms with E-state index >= 15 is 0 Å². The van der Waals surface area contributed by atoms with Crippen LogP contribution in [0.5, 0.6) is 5.75 Å². The summed E-state index contributed by atoms with van der Waals surface area (Å²) in [6.45, 7) is 2.10. The van der Waals surface area contributed by atoms with Crippen molar-refractivity contribution < 1.29 is 9.32 Å². The number of aliphatic imine (C=N–C) groups is 1. The summed E-state index contributed by atoms with van der Waals surface area (Å²) in [5, 5.41) is 12.3. The van der Waals surface area contributed by atoms with E-state index in [4.69, 9.17) is 0 Å². The highest BCUT2D eigenvalue weighted by Gasteiger charge is 2.11. The summed E-state index contributed by atoms with van der Waals surface area (Å²) in [6.07, 6.45) is 1.68. The van der Waals surface area contributed by atoms with E-state index in [0.717, 1.165) is 21.4 Å². The van der Waals surface area contributed by atoms with Gasteiger partial charge in [0.1, 0.15) is 5.75 Å². The number of hydrogen-bond donors (Lipinski definition) is 1. The van der Waals surface area contributed by atoms with E-state index < -0.39 is 10.8 Å². The molecule has 0 spiro atoms. The molecule has 0 heterocycles. The molecule has 0 fully saturated rings. The maximum Gasteiger partial charge on any atom is 0.124 e. The Morgan fingerprint density at radius 3 is 2.37 bits per heavy atom. The van der Waals surface area contributed by atoms with Gasteiger partial charge in [-0.05, 0) is 52.6 Å². The lowest BCUT2D eigenvalue weighted by Gasteiger charge is -2.11. The second kappa shape index (κ2) is 9.06. The molecule has 30 heavy (non-hydrogen) atoms. The largest absolute Gasteiger partial charge is 0.507 e. The highest BCUT2D eigenvalue weighted by atomic mass is 32.2. The number of benzene rings is 4. The Morgan fingerprint density at radius 1 is 0.900 bits per heavy atom. The molecule has 3 nitrogen and oxygen atoms in total. The zero-order chi connectivity index (χ0) is 20.9. The molecule has 0 amide bonds. The highest BCUT2D eigenvalue weighted by molar-refractivity contribution is 7.85. The van der Waals surface area contributed by atoms with Crippen molar-refractivity contribution in [1.82, 2.24) is 0 Å². The second-order valence-electron chi connectivity index (χ2n) is 7.30. The maximum absolute atomic E-state index is 12.7. The number of fused-ring (bicyclic) bond motifs is 1. The Hall–Kier alpha value is -3.24. The lowest BCUT2D eigenvalue weighted by Crippen LogP contribution is -2.06. The van der Waals surface area contributed by atoms with Crippen molar-refractivity contribution in [2.75, 3.05) is 5.75 Å². The van der Waals surface area contributed by atoms with Gasteiger partial charge >= 0.3 is 0 Å². The van der Waals surface area contributed by atoms with Gasteiger partial charge in [-0.25, -0.2) is 0 Å². The molecule has 0 aliphatic heterocycles. The molecule has 4 heteroatoms. The van der Waals surface area contributed by atoms with Gasteiger partial charge < -0.3 is 5.11 Å². The zero-order valence-corrected chi connectivity index (χ0v) is 17.5. The van der Waals surface area contributed by atoms with Crippen molar-refractivity contribution in [3.05, 3.63) is 102 Å². The molecule has 4 aromatic carbocycles. The number of phenols is 1. The van der Waals surface area contributed by atoms with E-state index in [-0.39, 0.29) is 11.7 Å². The molecule has 0 saturated carbocycles. The zero-order valence-electron chi connectivity index (χ0n) is 16.7. The molecule has 4 aromatic rings. The first kappa shape index (κ1) is 20.0.